The van der Waals surface area contributed by atoms with Crippen LogP contribution < -0.4 is 14.4 Å². The maximum atomic E-state index is 9.49. The zero-order valence-electron chi connectivity index (χ0n) is 11.2. The summed E-state index contributed by atoms with van der Waals surface area (Å²) in [5, 5.41) is 9.49. The molecule has 1 aromatic carbocycles. The third-order valence-electron chi connectivity index (χ3n) is 3.93. The monoisotopic (exact) mass is 264 g/mol. The van der Waals surface area contributed by atoms with E-state index < -0.39 is 0 Å². The van der Waals surface area contributed by atoms with Crippen LogP contribution in [0.1, 0.15) is 6.42 Å². The van der Waals surface area contributed by atoms with Gasteiger partial charge in [-0.2, -0.15) is 0 Å². The topological polar surface area (TPSA) is 45.2 Å². The number of aliphatic hydroxyl groups excluding tert-OH is 1. The first-order valence-electron chi connectivity index (χ1n) is 6.73. The molecule has 5 nitrogen and oxygen atoms in total. The quantitative estimate of drug-likeness (QED) is 0.860. The zero-order chi connectivity index (χ0) is 13.2. The van der Waals surface area contributed by atoms with E-state index >= 15 is 0 Å². The summed E-state index contributed by atoms with van der Waals surface area (Å²) in [5.41, 5.74) is 1.14. The Hall–Kier alpha value is -1.46. The third-order valence-corrected chi connectivity index (χ3v) is 3.93. The summed E-state index contributed by atoms with van der Waals surface area (Å²) in [4.78, 5) is 4.54. The lowest BCUT2D eigenvalue weighted by Crippen LogP contribution is -2.41. The summed E-state index contributed by atoms with van der Waals surface area (Å²) in [6.45, 7) is 3.36. The predicted octanol–water partition coefficient (Wildman–Crippen LogP) is 0.918. The van der Waals surface area contributed by atoms with Gasteiger partial charge in [0, 0.05) is 30.9 Å². The summed E-state index contributed by atoms with van der Waals surface area (Å²) in [7, 11) is 2.07. The van der Waals surface area contributed by atoms with E-state index in [1.807, 2.05) is 12.1 Å². The minimum atomic E-state index is 0.188. The first-order chi connectivity index (χ1) is 9.28. The highest BCUT2D eigenvalue weighted by Gasteiger charge is 2.23. The van der Waals surface area contributed by atoms with Crippen LogP contribution in [0.5, 0.6) is 11.5 Å². The minimum Gasteiger partial charge on any atom is -0.454 e. The van der Waals surface area contributed by atoms with Gasteiger partial charge in [-0.1, -0.05) is 0 Å². The Bertz CT molecular complexity index is 452. The maximum absolute atomic E-state index is 9.49. The van der Waals surface area contributed by atoms with E-state index in [1.165, 1.54) is 0 Å². The van der Waals surface area contributed by atoms with Crippen molar-refractivity contribution in [3.63, 3.8) is 0 Å². The van der Waals surface area contributed by atoms with Crippen LogP contribution in [0.4, 0.5) is 5.69 Å². The number of hydrogen-bond acceptors (Lipinski definition) is 5. The molecule has 1 fully saturated rings. The molecular weight excluding hydrogens is 244 g/mol. The third kappa shape index (κ3) is 2.48. The highest BCUT2D eigenvalue weighted by molar-refractivity contribution is 5.57. The van der Waals surface area contributed by atoms with Gasteiger partial charge in [-0.05, 0) is 32.1 Å². The Morgan fingerprint density at radius 3 is 2.95 bits per heavy atom. The number of likely N-dealkylation sites (N-methyl/N-ethyl adjacent to an activating group) is 1. The highest BCUT2D eigenvalue weighted by atomic mass is 16.7. The predicted molar refractivity (Wildman–Crippen MR) is 72.9 cm³/mol. The van der Waals surface area contributed by atoms with Crippen LogP contribution in [0.25, 0.3) is 0 Å². The second-order valence-electron chi connectivity index (χ2n) is 5.15. The first-order valence-corrected chi connectivity index (χ1v) is 6.73. The Balaban J connectivity index is 1.80. The fraction of sp³-hybridized carbons (Fsp3) is 0.571. The summed E-state index contributed by atoms with van der Waals surface area (Å²) in [6.07, 6.45) is 1.10. The van der Waals surface area contributed by atoms with Crippen LogP contribution in [0.2, 0.25) is 0 Å². The zero-order valence-corrected chi connectivity index (χ0v) is 11.2. The number of nitrogens with zero attached hydrogens (tertiary/aromatic N) is 2. The Labute approximate surface area is 113 Å². The Morgan fingerprint density at radius 1 is 1.26 bits per heavy atom. The van der Waals surface area contributed by atoms with E-state index in [-0.39, 0.29) is 12.6 Å². The maximum Gasteiger partial charge on any atom is 0.231 e. The Kier molecular flexibility index (Phi) is 3.48. The molecule has 19 heavy (non-hydrogen) atoms. The van der Waals surface area contributed by atoms with Crippen molar-refractivity contribution < 1.29 is 14.6 Å². The molecule has 2 heterocycles. The number of ether oxygens (including phenoxy) is 2. The van der Waals surface area contributed by atoms with Crippen molar-refractivity contribution in [3.8, 4) is 11.5 Å². The molecule has 1 saturated heterocycles. The molecule has 0 spiro atoms. The van der Waals surface area contributed by atoms with Gasteiger partial charge in [0.05, 0.1) is 6.61 Å². The van der Waals surface area contributed by atoms with Gasteiger partial charge < -0.3 is 19.5 Å². The SMILES string of the molecule is CN1CCCN(c2ccc3c(c2)OCO3)CC1CO. The molecule has 1 aromatic rings. The van der Waals surface area contributed by atoms with Crippen LogP contribution in [0.15, 0.2) is 18.2 Å². The molecule has 1 atom stereocenters. The molecule has 1 unspecified atom stereocenters. The normalized spacial score (nSPS) is 23.5. The van der Waals surface area contributed by atoms with Crippen molar-refractivity contribution in [1.82, 2.24) is 4.90 Å². The summed E-state index contributed by atoms with van der Waals surface area (Å²) in [6, 6.07) is 6.24. The lowest BCUT2D eigenvalue weighted by molar-refractivity contribution is 0.159. The smallest absolute Gasteiger partial charge is 0.231 e. The van der Waals surface area contributed by atoms with E-state index in [9.17, 15) is 5.11 Å². The molecule has 2 aliphatic rings. The fourth-order valence-electron chi connectivity index (χ4n) is 2.69. The van der Waals surface area contributed by atoms with Gasteiger partial charge in [-0.15, -0.1) is 0 Å². The molecule has 1 N–H and O–H groups in total. The van der Waals surface area contributed by atoms with Crippen LogP contribution in [0, 0.1) is 0 Å². The lowest BCUT2D eigenvalue weighted by atomic mass is 10.2. The van der Waals surface area contributed by atoms with Gasteiger partial charge in [-0.25, -0.2) is 0 Å². The summed E-state index contributed by atoms with van der Waals surface area (Å²) >= 11 is 0. The van der Waals surface area contributed by atoms with E-state index in [2.05, 4.69) is 22.9 Å². The van der Waals surface area contributed by atoms with Gasteiger partial charge >= 0.3 is 0 Å². The number of rotatable bonds is 2. The molecule has 0 amide bonds. The summed E-state index contributed by atoms with van der Waals surface area (Å²) in [5.74, 6) is 1.63. The first kappa shape index (κ1) is 12.6. The average Bonchev–Trinajstić information content (AvgIpc) is 2.81. The van der Waals surface area contributed by atoms with E-state index in [4.69, 9.17) is 9.47 Å². The molecule has 3 rings (SSSR count). The van der Waals surface area contributed by atoms with E-state index in [0.717, 1.165) is 43.2 Å². The average molecular weight is 264 g/mol. The molecule has 2 aliphatic heterocycles. The number of aliphatic hydroxyl groups is 1. The summed E-state index contributed by atoms with van der Waals surface area (Å²) < 4.78 is 10.8. The second-order valence-corrected chi connectivity index (χ2v) is 5.15. The van der Waals surface area contributed by atoms with Gasteiger partial charge in [-0.3, -0.25) is 4.90 Å². The van der Waals surface area contributed by atoms with Crippen molar-refractivity contribution in [2.24, 2.45) is 0 Å². The van der Waals surface area contributed by atoms with Gasteiger partial charge in [0.2, 0.25) is 6.79 Å². The second kappa shape index (κ2) is 5.27. The Morgan fingerprint density at radius 2 is 2.11 bits per heavy atom. The molecule has 5 heteroatoms. The lowest BCUT2D eigenvalue weighted by Gasteiger charge is -2.28. The van der Waals surface area contributed by atoms with Crippen molar-refractivity contribution in [1.29, 1.82) is 0 Å². The van der Waals surface area contributed by atoms with Crippen molar-refractivity contribution >= 4 is 5.69 Å². The molecule has 104 valence electrons. The van der Waals surface area contributed by atoms with Gasteiger partial charge in [0.1, 0.15) is 0 Å². The minimum absolute atomic E-state index is 0.188. The standard InChI is InChI=1S/C14H20N2O3/c1-15-5-2-6-16(8-12(15)9-17)11-3-4-13-14(7-11)19-10-18-13/h3-4,7,12,17H,2,5-6,8-10H2,1H3. The largest absolute Gasteiger partial charge is 0.454 e. The van der Waals surface area contributed by atoms with Crippen LogP contribution >= 0.6 is 0 Å². The van der Waals surface area contributed by atoms with Gasteiger partial charge in [0.25, 0.3) is 0 Å². The molecule has 0 saturated carbocycles. The number of fused-ring (bicyclic) bond motifs is 1. The van der Waals surface area contributed by atoms with E-state index in [0.29, 0.717) is 6.79 Å². The molecular formula is C14H20N2O3. The molecule has 0 aromatic heterocycles. The molecule has 0 aliphatic carbocycles. The van der Waals surface area contributed by atoms with E-state index in [1.54, 1.807) is 0 Å². The fourth-order valence-corrected chi connectivity index (χ4v) is 2.69. The van der Waals surface area contributed by atoms with Crippen molar-refractivity contribution in [3.05, 3.63) is 18.2 Å². The van der Waals surface area contributed by atoms with Gasteiger partial charge in [0.15, 0.2) is 11.5 Å². The highest BCUT2D eigenvalue weighted by Crippen LogP contribution is 2.35. The molecule has 0 radical (unpaired) electrons. The molecule has 0 bridgehead atoms. The number of hydrogen-bond donors (Lipinski definition) is 1. The van der Waals surface area contributed by atoms with Crippen molar-refractivity contribution in [2.45, 2.75) is 12.5 Å². The van der Waals surface area contributed by atoms with Crippen LogP contribution in [0.3, 0.4) is 0 Å². The number of anilines is 1. The van der Waals surface area contributed by atoms with Crippen molar-refractivity contribution in [2.75, 3.05) is 45.0 Å². The van der Waals surface area contributed by atoms with Crippen LogP contribution in [-0.4, -0.2) is 56.1 Å². The number of benzene rings is 1. The van der Waals surface area contributed by atoms with Crippen LogP contribution in [-0.2, 0) is 0 Å².